The second kappa shape index (κ2) is 11.2. The van der Waals surface area contributed by atoms with Gasteiger partial charge in [-0.25, -0.2) is 0 Å². The lowest BCUT2D eigenvalue weighted by atomic mass is 9.47. The Morgan fingerprint density at radius 3 is 2.54 bits per heavy atom. The second-order valence-corrected chi connectivity index (χ2v) is 15.4. The molecule has 8 atom stereocenters. The summed E-state index contributed by atoms with van der Waals surface area (Å²) in [5.41, 5.74) is 2.81. The predicted molar refractivity (Wildman–Crippen MR) is 154 cm³/mol. The maximum absolute atomic E-state index is 6.56. The standard InChI is InChI=1S/C34H60NO2/c1-25(2)8-7-9-26(3)30-12-13-31-29-11-10-27-24-28(37-23-20-35(6)18-21-36-22-19-35)14-16-33(27,4)32(29)15-17-34(30,31)5/h10,25-26,28-32H,7-9,11-24H2,1-6H3/q+1/t26-,28+,29+,30-,31+,32+,33+,34-/m1/s1. The van der Waals surface area contributed by atoms with Crippen LogP contribution in [0, 0.1) is 46.3 Å². The highest BCUT2D eigenvalue weighted by Gasteiger charge is 2.59. The molecule has 0 aromatic rings. The normalized spacial score (nSPS) is 42.0. The van der Waals surface area contributed by atoms with E-state index in [9.17, 15) is 0 Å². The lowest BCUT2D eigenvalue weighted by Gasteiger charge is -2.58. The van der Waals surface area contributed by atoms with Crippen LogP contribution in [-0.4, -0.2) is 57.1 Å². The molecular weight excluding hydrogens is 454 g/mol. The molecule has 0 radical (unpaired) electrons. The van der Waals surface area contributed by atoms with E-state index in [0.29, 0.717) is 16.9 Å². The van der Waals surface area contributed by atoms with Crippen molar-refractivity contribution in [3.63, 3.8) is 0 Å². The zero-order valence-electron chi connectivity index (χ0n) is 25.4. The highest BCUT2D eigenvalue weighted by Crippen LogP contribution is 2.67. The SMILES string of the molecule is CC(C)CCC[C@@H](C)[C@H]1CC[C@H]2[C@@H]3CC=C4C[C@@H](OCC[N+]5(C)CCOCC5)CC[C@]4(C)[C@H]3CC[C@]12C. The first-order chi connectivity index (χ1) is 17.6. The lowest BCUT2D eigenvalue weighted by molar-refractivity contribution is -0.917. The monoisotopic (exact) mass is 514 g/mol. The molecule has 5 aliphatic rings. The van der Waals surface area contributed by atoms with Crippen LogP contribution in [0.1, 0.15) is 105 Å². The molecule has 0 spiro atoms. The molecule has 0 aromatic carbocycles. The van der Waals surface area contributed by atoms with Gasteiger partial charge in [0.1, 0.15) is 19.6 Å². The summed E-state index contributed by atoms with van der Waals surface area (Å²) in [5, 5.41) is 0. The number of quaternary nitrogens is 1. The third kappa shape index (κ3) is 5.62. The first kappa shape index (κ1) is 28.2. The van der Waals surface area contributed by atoms with E-state index in [-0.39, 0.29) is 0 Å². The average molecular weight is 515 g/mol. The highest BCUT2D eigenvalue weighted by molar-refractivity contribution is 5.25. The molecule has 1 aliphatic heterocycles. The number of fused-ring (bicyclic) bond motifs is 5. The Kier molecular flexibility index (Phi) is 8.56. The smallest absolute Gasteiger partial charge is 0.102 e. The lowest BCUT2D eigenvalue weighted by Crippen LogP contribution is -2.54. The van der Waals surface area contributed by atoms with Crippen molar-refractivity contribution < 1.29 is 14.0 Å². The Morgan fingerprint density at radius 1 is 1.00 bits per heavy atom. The summed E-state index contributed by atoms with van der Waals surface area (Å²) in [4.78, 5) is 0. The Hall–Kier alpha value is -0.380. The van der Waals surface area contributed by atoms with Gasteiger partial charge >= 0.3 is 0 Å². The number of hydrogen-bond donors (Lipinski definition) is 0. The summed E-state index contributed by atoms with van der Waals surface area (Å²) < 4.78 is 13.3. The summed E-state index contributed by atoms with van der Waals surface area (Å²) in [6.07, 6.45) is 18.6. The van der Waals surface area contributed by atoms with Gasteiger partial charge in [-0.3, -0.25) is 0 Å². The van der Waals surface area contributed by atoms with Gasteiger partial charge in [-0.2, -0.15) is 0 Å². The van der Waals surface area contributed by atoms with Crippen LogP contribution in [0.25, 0.3) is 0 Å². The van der Waals surface area contributed by atoms with Gasteiger partial charge in [0.2, 0.25) is 0 Å². The number of nitrogens with zero attached hydrogens (tertiary/aromatic N) is 1. The van der Waals surface area contributed by atoms with E-state index >= 15 is 0 Å². The zero-order valence-corrected chi connectivity index (χ0v) is 25.4. The van der Waals surface area contributed by atoms with E-state index < -0.39 is 0 Å². The van der Waals surface area contributed by atoms with E-state index in [1.807, 2.05) is 0 Å². The van der Waals surface area contributed by atoms with Crippen LogP contribution in [0.15, 0.2) is 11.6 Å². The molecule has 4 fully saturated rings. The third-order valence-corrected chi connectivity index (χ3v) is 12.8. The van der Waals surface area contributed by atoms with Crippen molar-refractivity contribution in [1.29, 1.82) is 0 Å². The largest absolute Gasteiger partial charge is 0.372 e. The van der Waals surface area contributed by atoms with Gasteiger partial charge in [0, 0.05) is 0 Å². The number of ether oxygens (including phenoxy) is 2. The molecule has 3 heteroatoms. The molecule has 5 rings (SSSR count). The highest BCUT2D eigenvalue weighted by atomic mass is 16.5. The average Bonchev–Trinajstić information content (AvgIpc) is 3.21. The van der Waals surface area contributed by atoms with Crippen molar-refractivity contribution >= 4 is 0 Å². The Balaban J connectivity index is 1.19. The fraction of sp³-hybridized carbons (Fsp3) is 0.941. The van der Waals surface area contributed by atoms with Gasteiger partial charge in [0.15, 0.2) is 0 Å². The molecule has 0 amide bonds. The molecule has 4 aliphatic carbocycles. The predicted octanol–water partition coefficient (Wildman–Crippen LogP) is 7.89. The summed E-state index contributed by atoms with van der Waals surface area (Å²) >= 11 is 0. The van der Waals surface area contributed by atoms with Crippen molar-refractivity contribution in [1.82, 2.24) is 0 Å². The van der Waals surface area contributed by atoms with Crippen LogP contribution < -0.4 is 0 Å². The quantitative estimate of drug-likeness (QED) is 0.230. The van der Waals surface area contributed by atoms with E-state index in [2.05, 4.69) is 47.7 Å². The molecule has 0 bridgehead atoms. The van der Waals surface area contributed by atoms with Crippen molar-refractivity contribution in [3.05, 3.63) is 11.6 Å². The maximum atomic E-state index is 6.56. The molecule has 0 aromatic heterocycles. The first-order valence-electron chi connectivity index (χ1n) is 16.4. The van der Waals surface area contributed by atoms with Crippen LogP contribution in [0.4, 0.5) is 0 Å². The minimum atomic E-state index is 0.438. The first-order valence-corrected chi connectivity index (χ1v) is 16.4. The van der Waals surface area contributed by atoms with Gasteiger partial charge in [0.25, 0.3) is 0 Å². The Bertz CT molecular complexity index is 800. The van der Waals surface area contributed by atoms with Crippen molar-refractivity contribution in [3.8, 4) is 0 Å². The van der Waals surface area contributed by atoms with Crippen LogP contribution in [0.2, 0.25) is 0 Å². The number of hydrogen-bond acceptors (Lipinski definition) is 2. The van der Waals surface area contributed by atoms with Gasteiger partial charge in [0.05, 0.1) is 33.0 Å². The summed E-state index contributed by atoms with van der Waals surface area (Å²) in [6.45, 7) is 18.9. The van der Waals surface area contributed by atoms with Crippen LogP contribution in [0.3, 0.4) is 0 Å². The Morgan fingerprint density at radius 2 is 1.78 bits per heavy atom. The summed E-state index contributed by atoms with van der Waals surface area (Å²) in [5.74, 6) is 5.54. The van der Waals surface area contributed by atoms with Gasteiger partial charge < -0.3 is 14.0 Å². The molecular formula is C34H60NO2+. The maximum Gasteiger partial charge on any atom is 0.102 e. The molecule has 212 valence electrons. The fourth-order valence-corrected chi connectivity index (χ4v) is 10.2. The van der Waals surface area contributed by atoms with E-state index in [1.165, 1.54) is 70.6 Å². The summed E-state index contributed by atoms with van der Waals surface area (Å²) in [7, 11) is 2.38. The van der Waals surface area contributed by atoms with E-state index in [1.54, 1.807) is 5.57 Å². The van der Waals surface area contributed by atoms with Crippen LogP contribution in [0.5, 0.6) is 0 Å². The molecule has 0 N–H and O–H groups in total. The number of likely N-dealkylation sites (N-methyl/N-ethyl adjacent to an activating group) is 1. The number of morpholine rings is 1. The van der Waals surface area contributed by atoms with Crippen molar-refractivity contribution in [2.24, 2.45) is 46.3 Å². The van der Waals surface area contributed by atoms with Gasteiger partial charge in [-0.15, -0.1) is 0 Å². The second-order valence-electron chi connectivity index (χ2n) is 15.4. The van der Waals surface area contributed by atoms with Gasteiger partial charge in [-0.1, -0.05) is 65.5 Å². The van der Waals surface area contributed by atoms with Crippen molar-refractivity contribution in [2.75, 3.05) is 46.5 Å². The van der Waals surface area contributed by atoms with E-state index in [4.69, 9.17) is 9.47 Å². The fourth-order valence-electron chi connectivity index (χ4n) is 10.2. The molecule has 3 saturated carbocycles. The van der Waals surface area contributed by atoms with Crippen LogP contribution in [-0.2, 0) is 9.47 Å². The van der Waals surface area contributed by atoms with E-state index in [0.717, 1.165) is 79.4 Å². The number of rotatable bonds is 9. The zero-order chi connectivity index (χ0) is 26.3. The summed E-state index contributed by atoms with van der Waals surface area (Å²) in [6, 6.07) is 0. The Labute approximate surface area is 229 Å². The minimum Gasteiger partial charge on any atom is -0.372 e. The van der Waals surface area contributed by atoms with Crippen LogP contribution >= 0.6 is 0 Å². The van der Waals surface area contributed by atoms with Crippen molar-refractivity contribution in [2.45, 2.75) is 111 Å². The minimum absolute atomic E-state index is 0.438. The molecule has 3 nitrogen and oxygen atoms in total. The molecule has 1 heterocycles. The molecule has 0 unspecified atom stereocenters. The molecule has 1 saturated heterocycles. The molecule has 37 heavy (non-hydrogen) atoms. The van der Waals surface area contributed by atoms with Gasteiger partial charge in [-0.05, 0) is 97.7 Å². The number of allylic oxidation sites excluding steroid dienone is 1. The third-order valence-electron chi connectivity index (χ3n) is 12.8. The topological polar surface area (TPSA) is 18.5 Å².